The van der Waals surface area contributed by atoms with Crippen LogP contribution in [0.4, 0.5) is 0 Å². The van der Waals surface area contributed by atoms with Crippen molar-refractivity contribution in [1.29, 1.82) is 0 Å². The largest absolute Gasteiger partial charge is 0.375 e. The van der Waals surface area contributed by atoms with Crippen molar-refractivity contribution in [3.63, 3.8) is 0 Å². The molecule has 0 heterocycles. The maximum absolute atomic E-state index is 6.34. The van der Waals surface area contributed by atoms with E-state index < -0.39 is 0 Å². The highest BCUT2D eigenvalue weighted by Gasteiger charge is 2.59. The van der Waals surface area contributed by atoms with Crippen molar-refractivity contribution in [3.05, 3.63) is 108 Å². The van der Waals surface area contributed by atoms with Gasteiger partial charge in [0.2, 0.25) is 0 Å². The molecule has 4 rings (SSSR count). The second-order valence-electron chi connectivity index (χ2n) is 8.96. The van der Waals surface area contributed by atoms with Crippen LogP contribution in [-0.4, -0.2) is 17.0 Å². The molecule has 3 aromatic rings. The Morgan fingerprint density at radius 1 is 0.767 bits per heavy atom. The molecule has 2 nitrogen and oxygen atoms in total. The Bertz CT molecular complexity index is 852. The maximum Gasteiger partial charge on any atom is 0.0717 e. The number of benzene rings is 3. The van der Waals surface area contributed by atoms with Gasteiger partial charge in [0, 0.05) is 18.6 Å². The second-order valence-corrected chi connectivity index (χ2v) is 8.96. The summed E-state index contributed by atoms with van der Waals surface area (Å²) in [5.41, 5.74) is 4.08. The van der Waals surface area contributed by atoms with Crippen molar-refractivity contribution in [3.8, 4) is 0 Å². The summed E-state index contributed by atoms with van der Waals surface area (Å²) in [5.74, 6) is 1.32. The molecule has 0 N–H and O–H groups in total. The van der Waals surface area contributed by atoms with E-state index >= 15 is 0 Å². The van der Waals surface area contributed by atoms with Gasteiger partial charge >= 0.3 is 0 Å². The van der Waals surface area contributed by atoms with Crippen LogP contribution in [0.3, 0.4) is 0 Å². The highest BCUT2D eigenvalue weighted by molar-refractivity contribution is 5.22. The lowest BCUT2D eigenvalue weighted by Gasteiger charge is -2.34. The van der Waals surface area contributed by atoms with E-state index in [0.717, 1.165) is 19.7 Å². The van der Waals surface area contributed by atoms with Crippen LogP contribution in [0, 0.1) is 11.8 Å². The van der Waals surface area contributed by atoms with Crippen molar-refractivity contribution in [2.75, 3.05) is 6.61 Å². The first kappa shape index (κ1) is 20.8. The Kier molecular flexibility index (Phi) is 6.66. The van der Waals surface area contributed by atoms with E-state index in [1.165, 1.54) is 23.1 Å². The summed E-state index contributed by atoms with van der Waals surface area (Å²) in [6, 6.07) is 32.2. The molecule has 1 fully saturated rings. The zero-order chi connectivity index (χ0) is 20.8. The summed E-state index contributed by atoms with van der Waals surface area (Å²) in [6.07, 6.45) is 1.21. The quantitative estimate of drug-likeness (QED) is 0.395. The average molecular weight is 400 g/mol. The maximum atomic E-state index is 6.34. The monoisotopic (exact) mass is 399 g/mol. The fourth-order valence-electron chi connectivity index (χ4n) is 4.70. The lowest BCUT2D eigenvalue weighted by atomic mass is 10.0. The summed E-state index contributed by atoms with van der Waals surface area (Å²) >= 11 is 0. The Balaban J connectivity index is 1.55. The summed E-state index contributed by atoms with van der Waals surface area (Å²) in [5, 5.41) is 0. The Morgan fingerprint density at radius 3 is 1.67 bits per heavy atom. The molecule has 30 heavy (non-hydrogen) atoms. The molecule has 0 spiro atoms. The minimum absolute atomic E-state index is 0.106. The lowest BCUT2D eigenvalue weighted by Crippen LogP contribution is -2.42. The molecule has 0 amide bonds. The van der Waals surface area contributed by atoms with E-state index in [-0.39, 0.29) is 5.54 Å². The molecule has 0 aromatic heterocycles. The SMILES string of the molecule is CC(C)C1CC1(COCc1ccccc1)N(Cc1ccccc1)Cc1ccccc1. The number of rotatable bonds is 10. The van der Waals surface area contributed by atoms with Crippen LogP contribution >= 0.6 is 0 Å². The molecule has 2 atom stereocenters. The summed E-state index contributed by atoms with van der Waals surface area (Å²) in [6.45, 7) is 8.07. The minimum atomic E-state index is 0.106. The number of nitrogens with zero attached hydrogens (tertiary/aromatic N) is 1. The van der Waals surface area contributed by atoms with E-state index in [0.29, 0.717) is 18.4 Å². The van der Waals surface area contributed by atoms with E-state index in [2.05, 4.69) is 110 Å². The molecule has 1 aliphatic rings. The van der Waals surface area contributed by atoms with Crippen molar-refractivity contribution >= 4 is 0 Å². The van der Waals surface area contributed by atoms with Crippen LogP contribution in [0.25, 0.3) is 0 Å². The molecule has 156 valence electrons. The molecular formula is C28H33NO. The lowest BCUT2D eigenvalue weighted by molar-refractivity contribution is 0.0179. The van der Waals surface area contributed by atoms with Crippen LogP contribution in [0.2, 0.25) is 0 Å². The van der Waals surface area contributed by atoms with Gasteiger partial charge in [-0.15, -0.1) is 0 Å². The summed E-state index contributed by atoms with van der Waals surface area (Å²) in [7, 11) is 0. The van der Waals surface area contributed by atoms with E-state index in [1.807, 2.05) is 0 Å². The van der Waals surface area contributed by atoms with Gasteiger partial charge in [-0.3, -0.25) is 4.90 Å². The fraction of sp³-hybridized carbons (Fsp3) is 0.357. The Labute approximate surface area is 181 Å². The third-order valence-electron chi connectivity index (χ3n) is 6.43. The van der Waals surface area contributed by atoms with Gasteiger partial charge in [-0.1, -0.05) is 105 Å². The number of hydrogen-bond acceptors (Lipinski definition) is 2. The summed E-state index contributed by atoms with van der Waals surface area (Å²) in [4.78, 5) is 2.67. The van der Waals surface area contributed by atoms with Gasteiger partial charge in [-0.25, -0.2) is 0 Å². The van der Waals surface area contributed by atoms with Gasteiger partial charge in [0.15, 0.2) is 0 Å². The first-order valence-electron chi connectivity index (χ1n) is 11.1. The molecule has 0 aliphatic heterocycles. The smallest absolute Gasteiger partial charge is 0.0717 e. The van der Waals surface area contributed by atoms with Gasteiger partial charge in [0.05, 0.1) is 13.2 Å². The third kappa shape index (κ3) is 5.00. The molecule has 0 saturated heterocycles. The zero-order valence-electron chi connectivity index (χ0n) is 18.2. The van der Waals surface area contributed by atoms with Crippen LogP contribution in [-0.2, 0) is 24.4 Å². The van der Waals surface area contributed by atoms with Gasteiger partial charge in [-0.2, -0.15) is 0 Å². The van der Waals surface area contributed by atoms with Gasteiger partial charge in [-0.05, 0) is 34.9 Å². The van der Waals surface area contributed by atoms with E-state index in [1.54, 1.807) is 0 Å². The van der Waals surface area contributed by atoms with E-state index in [4.69, 9.17) is 4.74 Å². The molecule has 3 aromatic carbocycles. The highest BCUT2D eigenvalue weighted by atomic mass is 16.5. The van der Waals surface area contributed by atoms with Gasteiger partial charge in [0.1, 0.15) is 0 Å². The molecule has 2 unspecified atom stereocenters. The first-order chi connectivity index (χ1) is 14.7. The topological polar surface area (TPSA) is 12.5 Å². The van der Waals surface area contributed by atoms with Crippen LogP contribution < -0.4 is 0 Å². The standard InChI is InChI=1S/C28H33NO/c1-23(2)27-18-28(27,22-30-21-26-16-10-5-11-17-26)29(19-24-12-6-3-7-13-24)20-25-14-8-4-9-15-25/h3-17,23,27H,18-22H2,1-2H3. The minimum Gasteiger partial charge on any atom is -0.375 e. The Hall–Kier alpha value is -2.42. The Morgan fingerprint density at radius 2 is 1.23 bits per heavy atom. The molecule has 1 aliphatic carbocycles. The van der Waals surface area contributed by atoms with Crippen LogP contribution in [0.5, 0.6) is 0 Å². The predicted molar refractivity (Wildman–Crippen MR) is 124 cm³/mol. The van der Waals surface area contributed by atoms with Crippen molar-refractivity contribution in [1.82, 2.24) is 4.90 Å². The fourth-order valence-corrected chi connectivity index (χ4v) is 4.70. The molecule has 2 heteroatoms. The molecule has 1 saturated carbocycles. The van der Waals surface area contributed by atoms with Gasteiger partial charge < -0.3 is 4.74 Å². The second kappa shape index (κ2) is 9.59. The normalized spacial score (nSPS) is 20.6. The third-order valence-corrected chi connectivity index (χ3v) is 6.43. The first-order valence-corrected chi connectivity index (χ1v) is 11.1. The molecule has 0 radical (unpaired) electrons. The molecular weight excluding hydrogens is 366 g/mol. The number of ether oxygens (including phenoxy) is 1. The molecule has 0 bridgehead atoms. The van der Waals surface area contributed by atoms with Crippen molar-refractivity contribution < 1.29 is 4.74 Å². The van der Waals surface area contributed by atoms with Crippen molar-refractivity contribution in [2.45, 2.75) is 45.5 Å². The highest BCUT2D eigenvalue weighted by Crippen LogP contribution is 2.54. The van der Waals surface area contributed by atoms with Gasteiger partial charge in [0.25, 0.3) is 0 Å². The van der Waals surface area contributed by atoms with E-state index in [9.17, 15) is 0 Å². The van der Waals surface area contributed by atoms with Crippen LogP contribution in [0.15, 0.2) is 91.0 Å². The van der Waals surface area contributed by atoms with Crippen molar-refractivity contribution in [2.24, 2.45) is 11.8 Å². The average Bonchev–Trinajstić information content (AvgIpc) is 3.52. The predicted octanol–water partition coefficient (Wildman–Crippen LogP) is 6.32. The zero-order valence-corrected chi connectivity index (χ0v) is 18.2. The number of hydrogen-bond donors (Lipinski definition) is 0. The summed E-state index contributed by atoms with van der Waals surface area (Å²) < 4.78 is 6.34. The van der Waals surface area contributed by atoms with Crippen LogP contribution in [0.1, 0.15) is 37.0 Å².